The molecule has 4 rings (SSSR count). The number of benzene rings is 3. The molecular formula is C22H18FNO. The van der Waals surface area contributed by atoms with Gasteiger partial charge < -0.3 is 5.32 Å². The monoisotopic (exact) mass is 331 g/mol. The normalized spacial score (nSPS) is 17.7. The summed E-state index contributed by atoms with van der Waals surface area (Å²) in [6.07, 6.45) is 0.772. The maximum absolute atomic E-state index is 13.0. The number of rotatable bonds is 4. The van der Waals surface area contributed by atoms with Gasteiger partial charge in [0.2, 0.25) is 5.91 Å². The van der Waals surface area contributed by atoms with Crippen molar-refractivity contribution >= 4 is 11.6 Å². The third-order valence-electron chi connectivity index (χ3n) is 4.97. The van der Waals surface area contributed by atoms with Gasteiger partial charge in [-0.05, 0) is 41.8 Å². The van der Waals surface area contributed by atoms with Crippen molar-refractivity contribution in [1.29, 1.82) is 0 Å². The molecule has 0 bridgehead atoms. The molecule has 1 aliphatic rings. The molecule has 0 heterocycles. The quantitative estimate of drug-likeness (QED) is 0.733. The molecule has 0 unspecified atom stereocenters. The van der Waals surface area contributed by atoms with Crippen molar-refractivity contribution in [2.45, 2.75) is 11.8 Å². The highest BCUT2D eigenvalue weighted by molar-refractivity contribution is 5.97. The lowest BCUT2D eigenvalue weighted by molar-refractivity contribution is -0.117. The zero-order valence-electron chi connectivity index (χ0n) is 13.7. The van der Waals surface area contributed by atoms with Gasteiger partial charge in [0.25, 0.3) is 0 Å². The Morgan fingerprint density at radius 3 is 1.88 bits per heavy atom. The first-order valence-corrected chi connectivity index (χ1v) is 8.37. The van der Waals surface area contributed by atoms with Crippen LogP contribution in [0.3, 0.4) is 0 Å². The fourth-order valence-electron chi connectivity index (χ4n) is 3.62. The minimum Gasteiger partial charge on any atom is -0.326 e. The van der Waals surface area contributed by atoms with Gasteiger partial charge >= 0.3 is 0 Å². The van der Waals surface area contributed by atoms with Gasteiger partial charge in [-0.1, -0.05) is 60.7 Å². The fraction of sp³-hybridized carbons (Fsp3) is 0.136. The van der Waals surface area contributed by atoms with Crippen molar-refractivity contribution in [3.05, 3.63) is 102 Å². The van der Waals surface area contributed by atoms with Crippen LogP contribution < -0.4 is 5.32 Å². The second-order valence-electron chi connectivity index (χ2n) is 6.46. The smallest absolute Gasteiger partial charge is 0.228 e. The minimum absolute atomic E-state index is 0.0284. The molecule has 0 aromatic heterocycles. The number of hydrogen-bond donors (Lipinski definition) is 1. The molecule has 1 N–H and O–H groups in total. The lowest BCUT2D eigenvalue weighted by atomic mass is 9.85. The van der Waals surface area contributed by atoms with Crippen molar-refractivity contribution in [2.24, 2.45) is 5.92 Å². The predicted octanol–water partition coefficient (Wildman–Crippen LogP) is 4.77. The molecule has 3 heteroatoms. The van der Waals surface area contributed by atoms with Crippen molar-refractivity contribution < 1.29 is 9.18 Å². The summed E-state index contributed by atoms with van der Waals surface area (Å²) in [7, 11) is 0. The van der Waals surface area contributed by atoms with Crippen molar-refractivity contribution in [3.8, 4) is 0 Å². The molecule has 1 amide bonds. The number of carbonyl (C=O) groups is 1. The average Bonchev–Trinajstić information content (AvgIpc) is 3.42. The van der Waals surface area contributed by atoms with Gasteiger partial charge in [-0.2, -0.15) is 0 Å². The van der Waals surface area contributed by atoms with E-state index < -0.39 is 0 Å². The van der Waals surface area contributed by atoms with Crippen LogP contribution in [0.4, 0.5) is 10.1 Å². The van der Waals surface area contributed by atoms with E-state index in [2.05, 4.69) is 29.6 Å². The van der Waals surface area contributed by atoms with E-state index in [9.17, 15) is 9.18 Å². The van der Waals surface area contributed by atoms with Gasteiger partial charge in [-0.25, -0.2) is 4.39 Å². The topological polar surface area (TPSA) is 29.1 Å². The predicted molar refractivity (Wildman–Crippen MR) is 96.8 cm³/mol. The maximum atomic E-state index is 13.0. The molecule has 25 heavy (non-hydrogen) atoms. The van der Waals surface area contributed by atoms with E-state index in [1.54, 1.807) is 12.1 Å². The van der Waals surface area contributed by atoms with Gasteiger partial charge in [-0.15, -0.1) is 0 Å². The molecule has 0 spiro atoms. The molecule has 0 saturated heterocycles. The third kappa shape index (κ3) is 2.82. The highest BCUT2D eigenvalue weighted by atomic mass is 19.1. The fourth-order valence-corrected chi connectivity index (χ4v) is 3.62. The molecule has 1 aliphatic carbocycles. The van der Waals surface area contributed by atoms with E-state index in [0.29, 0.717) is 5.69 Å². The van der Waals surface area contributed by atoms with E-state index in [1.165, 1.54) is 12.1 Å². The van der Waals surface area contributed by atoms with Crippen LogP contribution in [0, 0.1) is 11.7 Å². The van der Waals surface area contributed by atoms with Crippen LogP contribution in [-0.4, -0.2) is 5.91 Å². The Hall–Kier alpha value is -2.94. The number of anilines is 1. The van der Waals surface area contributed by atoms with Gasteiger partial charge in [0.05, 0.1) is 5.92 Å². The van der Waals surface area contributed by atoms with Crippen LogP contribution in [0.1, 0.15) is 17.5 Å². The Morgan fingerprint density at radius 2 is 1.36 bits per heavy atom. The largest absolute Gasteiger partial charge is 0.326 e. The molecule has 124 valence electrons. The molecule has 3 aromatic carbocycles. The van der Waals surface area contributed by atoms with Gasteiger partial charge in [0.15, 0.2) is 0 Å². The number of amides is 1. The summed E-state index contributed by atoms with van der Waals surface area (Å²) in [4.78, 5) is 12.8. The first-order valence-electron chi connectivity index (χ1n) is 8.37. The van der Waals surface area contributed by atoms with E-state index in [-0.39, 0.29) is 23.1 Å². The van der Waals surface area contributed by atoms with Crippen LogP contribution in [0.5, 0.6) is 0 Å². The molecule has 0 aliphatic heterocycles. The number of nitrogens with one attached hydrogen (secondary N) is 1. The molecule has 1 fully saturated rings. The highest BCUT2D eigenvalue weighted by Gasteiger charge is 2.60. The van der Waals surface area contributed by atoms with Crippen molar-refractivity contribution in [1.82, 2.24) is 0 Å². The van der Waals surface area contributed by atoms with Crippen LogP contribution in [0.2, 0.25) is 0 Å². The van der Waals surface area contributed by atoms with E-state index in [4.69, 9.17) is 0 Å². The zero-order chi connectivity index (χ0) is 17.3. The second-order valence-corrected chi connectivity index (χ2v) is 6.46. The molecule has 1 saturated carbocycles. The molecule has 1 atom stereocenters. The first kappa shape index (κ1) is 15.6. The van der Waals surface area contributed by atoms with Gasteiger partial charge in [-0.3, -0.25) is 4.79 Å². The Morgan fingerprint density at radius 1 is 0.840 bits per heavy atom. The van der Waals surface area contributed by atoms with E-state index in [0.717, 1.165) is 17.5 Å². The Kier molecular flexibility index (Phi) is 3.85. The molecule has 3 aromatic rings. The summed E-state index contributed by atoms with van der Waals surface area (Å²) >= 11 is 0. The third-order valence-corrected chi connectivity index (χ3v) is 4.97. The molecular weight excluding hydrogens is 313 g/mol. The SMILES string of the molecule is O=C(Nc1ccc(F)cc1)[C@H]1CC1(c1ccccc1)c1ccccc1. The van der Waals surface area contributed by atoms with Crippen molar-refractivity contribution in [2.75, 3.05) is 5.32 Å². The van der Waals surface area contributed by atoms with Crippen LogP contribution in [0.25, 0.3) is 0 Å². The average molecular weight is 331 g/mol. The maximum Gasteiger partial charge on any atom is 0.228 e. The number of halogens is 1. The van der Waals surface area contributed by atoms with Crippen molar-refractivity contribution in [3.63, 3.8) is 0 Å². The first-order chi connectivity index (χ1) is 12.2. The Labute approximate surface area is 146 Å². The van der Waals surface area contributed by atoms with Crippen LogP contribution in [-0.2, 0) is 10.2 Å². The van der Waals surface area contributed by atoms with Crippen LogP contribution in [0.15, 0.2) is 84.9 Å². The number of carbonyl (C=O) groups excluding carboxylic acids is 1. The lowest BCUT2D eigenvalue weighted by Gasteiger charge is -2.19. The lowest BCUT2D eigenvalue weighted by Crippen LogP contribution is -2.22. The summed E-state index contributed by atoms with van der Waals surface area (Å²) in [6.45, 7) is 0. The van der Waals surface area contributed by atoms with Gasteiger partial charge in [0, 0.05) is 11.1 Å². The molecule has 0 radical (unpaired) electrons. The Bertz CT molecular complexity index is 835. The van der Waals surface area contributed by atoms with E-state index in [1.807, 2.05) is 36.4 Å². The number of hydrogen-bond acceptors (Lipinski definition) is 1. The summed E-state index contributed by atoms with van der Waals surface area (Å²) in [5.74, 6) is -0.478. The Balaban J connectivity index is 1.64. The summed E-state index contributed by atoms with van der Waals surface area (Å²) < 4.78 is 13.0. The van der Waals surface area contributed by atoms with E-state index >= 15 is 0 Å². The molecule has 2 nitrogen and oxygen atoms in total. The van der Waals surface area contributed by atoms with Gasteiger partial charge in [0.1, 0.15) is 5.82 Å². The zero-order valence-corrected chi connectivity index (χ0v) is 13.7. The van der Waals surface area contributed by atoms with Crippen LogP contribution >= 0.6 is 0 Å². The summed E-state index contributed by atoms with van der Waals surface area (Å²) in [5.41, 5.74) is 2.64. The summed E-state index contributed by atoms with van der Waals surface area (Å²) in [5, 5.41) is 2.92. The second kappa shape index (κ2) is 6.17. The standard InChI is InChI=1S/C22H18FNO/c23-18-11-13-19(14-12-18)24-21(25)20-15-22(20,16-7-3-1-4-8-16)17-9-5-2-6-10-17/h1-14,20H,15H2,(H,24,25)/t20-/m1/s1. The minimum atomic E-state index is -0.313. The highest BCUT2D eigenvalue weighted by Crippen LogP contribution is 2.59. The summed E-state index contributed by atoms with van der Waals surface area (Å²) in [6, 6.07) is 26.2.